The molecule has 0 unspecified atom stereocenters. The smallest absolute Gasteiger partial charge is 0.137 e. The van der Waals surface area contributed by atoms with Crippen molar-refractivity contribution in [3.05, 3.63) is 82.9 Å². The van der Waals surface area contributed by atoms with Crippen molar-refractivity contribution in [3.8, 4) is 11.8 Å². The van der Waals surface area contributed by atoms with Crippen molar-refractivity contribution in [3.63, 3.8) is 0 Å². The molecule has 0 spiro atoms. The van der Waals surface area contributed by atoms with Gasteiger partial charge in [0.2, 0.25) is 0 Å². The fraction of sp³-hybridized carbons (Fsp3) is 0.158. The molecule has 0 radical (unpaired) electrons. The minimum absolute atomic E-state index is 0. The van der Waals surface area contributed by atoms with Crippen LogP contribution in [0.25, 0.3) is 0 Å². The van der Waals surface area contributed by atoms with Gasteiger partial charge in [0.1, 0.15) is 11.8 Å². The third kappa shape index (κ3) is 5.25. The molecule has 0 aliphatic heterocycles. The Morgan fingerprint density at radius 2 is 2.04 bits per heavy atom. The largest absolute Gasteiger partial charge is 0.492 e. The monoisotopic (exact) mass is 373 g/mol. The summed E-state index contributed by atoms with van der Waals surface area (Å²) in [6.07, 6.45) is 6.14. The topological polar surface area (TPSA) is 50.8 Å². The van der Waals surface area contributed by atoms with Gasteiger partial charge in [-0.25, -0.2) is 4.98 Å². The maximum Gasteiger partial charge on any atom is 0.137 e. The van der Waals surface area contributed by atoms with E-state index in [-0.39, 0.29) is 12.4 Å². The van der Waals surface area contributed by atoms with Crippen LogP contribution in [-0.2, 0) is 13.0 Å². The van der Waals surface area contributed by atoms with Gasteiger partial charge in [-0.3, -0.25) is 0 Å². The number of rotatable bonds is 6. The summed E-state index contributed by atoms with van der Waals surface area (Å²) >= 11 is 5.99. The highest BCUT2D eigenvalue weighted by Crippen LogP contribution is 2.21. The van der Waals surface area contributed by atoms with E-state index in [4.69, 9.17) is 16.3 Å². The van der Waals surface area contributed by atoms with E-state index >= 15 is 0 Å². The summed E-state index contributed by atoms with van der Waals surface area (Å²) in [5, 5.41) is 9.97. The van der Waals surface area contributed by atoms with E-state index in [9.17, 15) is 5.26 Å². The molecule has 0 fully saturated rings. The van der Waals surface area contributed by atoms with E-state index < -0.39 is 0 Å². The SMILES string of the molecule is Cl.N#Cc1ccc(Cn2ccnc2)cc1OCCc1cccc(Cl)c1. The van der Waals surface area contributed by atoms with Crippen molar-refractivity contribution in [1.29, 1.82) is 5.26 Å². The van der Waals surface area contributed by atoms with Gasteiger partial charge >= 0.3 is 0 Å². The van der Waals surface area contributed by atoms with Crippen LogP contribution in [0.2, 0.25) is 5.02 Å². The van der Waals surface area contributed by atoms with Crippen LogP contribution in [0.5, 0.6) is 5.75 Å². The minimum Gasteiger partial charge on any atom is -0.492 e. The Kier molecular flexibility index (Phi) is 6.88. The molecule has 0 aliphatic rings. The molecule has 1 heterocycles. The van der Waals surface area contributed by atoms with E-state index in [1.54, 1.807) is 18.6 Å². The lowest BCUT2D eigenvalue weighted by Gasteiger charge is -2.10. The van der Waals surface area contributed by atoms with Gasteiger partial charge in [-0.1, -0.05) is 29.8 Å². The van der Waals surface area contributed by atoms with E-state index in [1.807, 2.05) is 47.2 Å². The van der Waals surface area contributed by atoms with Crippen molar-refractivity contribution in [2.75, 3.05) is 6.61 Å². The van der Waals surface area contributed by atoms with Crippen molar-refractivity contribution < 1.29 is 4.74 Å². The first kappa shape index (κ1) is 18.9. The summed E-state index contributed by atoms with van der Waals surface area (Å²) in [6, 6.07) is 15.5. The Morgan fingerprint density at radius 3 is 2.76 bits per heavy atom. The lowest BCUT2D eigenvalue weighted by atomic mass is 10.1. The Labute approximate surface area is 158 Å². The third-order valence-corrected chi connectivity index (χ3v) is 3.86. The molecule has 4 nitrogen and oxygen atoms in total. The highest BCUT2D eigenvalue weighted by molar-refractivity contribution is 6.30. The molecule has 1 aromatic heterocycles. The molecule has 25 heavy (non-hydrogen) atoms. The van der Waals surface area contributed by atoms with Gasteiger partial charge in [0.25, 0.3) is 0 Å². The van der Waals surface area contributed by atoms with Crippen LogP contribution in [0, 0.1) is 11.3 Å². The van der Waals surface area contributed by atoms with Crippen LogP contribution in [0.4, 0.5) is 0 Å². The number of aromatic nitrogens is 2. The summed E-state index contributed by atoms with van der Waals surface area (Å²) in [6.45, 7) is 1.18. The van der Waals surface area contributed by atoms with Crippen LogP contribution in [0.15, 0.2) is 61.2 Å². The fourth-order valence-electron chi connectivity index (χ4n) is 2.44. The number of nitriles is 1. The van der Waals surface area contributed by atoms with Crippen LogP contribution in [-0.4, -0.2) is 16.2 Å². The molecular formula is C19H17Cl2N3O. The summed E-state index contributed by atoms with van der Waals surface area (Å²) < 4.78 is 7.81. The molecule has 6 heteroatoms. The quantitative estimate of drug-likeness (QED) is 0.638. The summed E-state index contributed by atoms with van der Waals surface area (Å²) in [5.74, 6) is 0.608. The van der Waals surface area contributed by atoms with Gasteiger partial charge in [0.05, 0.1) is 18.5 Å². The zero-order valence-electron chi connectivity index (χ0n) is 13.4. The average Bonchev–Trinajstić information content (AvgIpc) is 3.08. The first-order valence-corrected chi connectivity index (χ1v) is 7.98. The summed E-state index contributed by atoms with van der Waals surface area (Å²) in [5.41, 5.74) is 2.70. The van der Waals surface area contributed by atoms with Gasteiger partial charge < -0.3 is 9.30 Å². The summed E-state index contributed by atoms with van der Waals surface area (Å²) in [4.78, 5) is 4.03. The molecular weight excluding hydrogens is 357 g/mol. The Hall–Kier alpha value is -2.48. The van der Waals surface area contributed by atoms with Gasteiger partial charge in [0.15, 0.2) is 0 Å². The first-order valence-electron chi connectivity index (χ1n) is 7.60. The third-order valence-electron chi connectivity index (χ3n) is 3.63. The first-order chi connectivity index (χ1) is 11.7. The second-order valence-electron chi connectivity index (χ2n) is 5.41. The molecule has 0 bridgehead atoms. The maximum absolute atomic E-state index is 9.26. The lowest BCUT2D eigenvalue weighted by molar-refractivity contribution is 0.320. The molecule has 0 aliphatic carbocycles. The number of nitrogens with zero attached hydrogens (tertiary/aromatic N) is 3. The zero-order chi connectivity index (χ0) is 16.8. The van der Waals surface area contributed by atoms with Crippen molar-refractivity contribution in [1.82, 2.24) is 9.55 Å². The van der Waals surface area contributed by atoms with Crippen molar-refractivity contribution >= 4 is 24.0 Å². The van der Waals surface area contributed by atoms with Gasteiger partial charge in [-0.2, -0.15) is 5.26 Å². The molecule has 2 aromatic carbocycles. The van der Waals surface area contributed by atoms with E-state index in [1.165, 1.54) is 0 Å². The van der Waals surface area contributed by atoms with Crippen LogP contribution >= 0.6 is 24.0 Å². The van der Waals surface area contributed by atoms with Gasteiger partial charge in [-0.05, 0) is 35.4 Å². The van der Waals surface area contributed by atoms with Crippen LogP contribution < -0.4 is 4.74 Å². The summed E-state index contributed by atoms with van der Waals surface area (Å²) in [7, 11) is 0. The highest BCUT2D eigenvalue weighted by Gasteiger charge is 2.06. The van der Waals surface area contributed by atoms with Crippen LogP contribution in [0.1, 0.15) is 16.7 Å². The predicted octanol–water partition coefficient (Wildman–Crippen LogP) is 4.50. The van der Waals surface area contributed by atoms with Crippen molar-refractivity contribution in [2.24, 2.45) is 0 Å². The second-order valence-corrected chi connectivity index (χ2v) is 5.84. The number of benzene rings is 2. The number of halogens is 2. The Morgan fingerprint density at radius 1 is 1.16 bits per heavy atom. The molecule has 0 atom stereocenters. The van der Waals surface area contributed by atoms with Gasteiger partial charge in [0, 0.05) is 30.4 Å². The lowest BCUT2D eigenvalue weighted by Crippen LogP contribution is -2.04. The molecule has 128 valence electrons. The standard InChI is InChI=1S/C19H16ClN3O.ClH/c20-18-3-1-2-15(10-18)6-9-24-19-11-16(4-5-17(19)12-21)13-23-8-7-22-14-23;/h1-5,7-8,10-11,14H,6,9,13H2;1H. The molecule has 0 saturated carbocycles. The van der Waals surface area contributed by atoms with E-state index in [0.29, 0.717) is 29.5 Å². The van der Waals surface area contributed by atoms with Gasteiger partial charge in [-0.15, -0.1) is 12.4 Å². The Bertz CT molecular complexity index is 857. The fourth-order valence-corrected chi connectivity index (χ4v) is 2.65. The van der Waals surface area contributed by atoms with Crippen LogP contribution in [0.3, 0.4) is 0 Å². The molecule has 3 aromatic rings. The zero-order valence-corrected chi connectivity index (χ0v) is 15.0. The normalized spacial score (nSPS) is 9.92. The number of ether oxygens (including phenoxy) is 1. The predicted molar refractivity (Wildman–Crippen MR) is 100 cm³/mol. The number of hydrogen-bond acceptors (Lipinski definition) is 3. The molecule has 0 saturated heterocycles. The highest BCUT2D eigenvalue weighted by atomic mass is 35.5. The number of hydrogen-bond donors (Lipinski definition) is 0. The van der Waals surface area contributed by atoms with E-state index in [2.05, 4.69) is 11.1 Å². The maximum atomic E-state index is 9.26. The van der Waals surface area contributed by atoms with Crippen molar-refractivity contribution in [2.45, 2.75) is 13.0 Å². The van der Waals surface area contributed by atoms with E-state index in [0.717, 1.165) is 17.5 Å². The molecule has 0 N–H and O–H groups in total. The minimum atomic E-state index is 0. The Balaban J connectivity index is 0.00000225. The molecule has 3 rings (SSSR count). The average molecular weight is 374 g/mol. The number of imidazole rings is 1. The second kappa shape index (κ2) is 9.12. The molecule has 0 amide bonds.